The van der Waals surface area contributed by atoms with Crippen LogP contribution in [0.5, 0.6) is 5.75 Å². The van der Waals surface area contributed by atoms with Gasteiger partial charge in [0.25, 0.3) is 5.91 Å². The van der Waals surface area contributed by atoms with Gasteiger partial charge in [-0.05, 0) is 37.3 Å². The van der Waals surface area contributed by atoms with Gasteiger partial charge in [0.1, 0.15) is 5.75 Å². The normalized spacial score (nSPS) is 10.1. The number of nitrogens with one attached hydrogen (secondary N) is 1. The number of hydrogen-bond acceptors (Lipinski definition) is 5. The summed E-state index contributed by atoms with van der Waals surface area (Å²) in [4.78, 5) is 34.8. The van der Waals surface area contributed by atoms with Crippen LogP contribution in [0.2, 0.25) is 0 Å². The van der Waals surface area contributed by atoms with Gasteiger partial charge in [0.05, 0.1) is 13.5 Å². The van der Waals surface area contributed by atoms with Crippen molar-refractivity contribution in [3.8, 4) is 5.75 Å². The third-order valence-corrected chi connectivity index (χ3v) is 3.59. The van der Waals surface area contributed by atoms with Gasteiger partial charge in [-0.25, -0.2) is 0 Å². The molecule has 0 unspecified atom stereocenters. The molecule has 0 spiro atoms. The minimum atomic E-state index is -0.552. The van der Waals surface area contributed by atoms with E-state index in [0.29, 0.717) is 22.6 Å². The number of ether oxygens (including phenoxy) is 2. The van der Waals surface area contributed by atoms with E-state index in [0.717, 1.165) is 5.56 Å². The number of anilines is 1. The molecule has 3 N–H and O–H groups in total. The lowest BCUT2D eigenvalue weighted by Crippen LogP contribution is -2.22. The first-order valence-electron chi connectivity index (χ1n) is 7.88. The van der Waals surface area contributed by atoms with E-state index < -0.39 is 24.4 Å². The summed E-state index contributed by atoms with van der Waals surface area (Å²) in [5, 5.41) is 2.57. The van der Waals surface area contributed by atoms with Gasteiger partial charge >= 0.3 is 5.97 Å². The molecule has 2 rings (SSSR count). The molecule has 2 aromatic rings. The first kappa shape index (κ1) is 19.0. The van der Waals surface area contributed by atoms with Crippen molar-refractivity contribution < 1.29 is 23.9 Å². The molecule has 136 valence electrons. The number of benzene rings is 2. The van der Waals surface area contributed by atoms with Crippen molar-refractivity contribution in [1.29, 1.82) is 0 Å². The molecule has 0 aromatic heterocycles. The second-order valence-electron chi connectivity index (χ2n) is 5.64. The highest BCUT2D eigenvalue weighted by atomic mass is 16.5. The largest absolute Gasteiger partial charge is 0.496 e. The fraction of sp³-hybridized carbons (Fsp3) is 0.211. The molecule has 7 nitrogen and oxygen atoms in total. The summed E-state index contributed by atoms with van der Waals surface area (Å²) in [6.07, 6.45) is 0.00540. The van der Waals surface area contributed by atoms with Crippen molar-refractivity contribution in [2.24, 2.45) is 5.73 Å². The summed E-state index contributed by atoms with van der Waals surface area (Å²) >= 11 is 0. The molecule has 0 atom stereocenters. The molecule has 0 heterocycles. The van der Waals surface area contributed by atoms with E-state index >= 15 is 0 Å². The van der Waals surface area contributed by atoms with E-state index in [-0.39, 0.29) is 6.42 Å². The van der Waals surface area contributed by atoms with Gasteiger partial charge in [0.15, 0.2) is 6.61 Å². The molecule has 0 aliphatic heterocycles. The monoisotopic (exact) mass is 356 g/mol. The van der Waals surface area contributed by atoms with E-state index in [2.05, 4.69) is 5.32 Å². The minimum absolute atomic E-state index is 0.00540. The first-order valence-corrected chi connectivity index (χ1v) is 7.88. The summed E-state index contributed by atoms with van der Waals surface area (Å²) in [5.41, 5.74) is 7.64. The van der Waals surface area contributed by atoms with Crippen LogP contribution in [-0.4, -0.2) is 31.5 Å². The van der Waals surface area contributed by atoms with Gasteiger partial charge in [0, 0.05) is 16.8 Å². The number of esters is 1. The van der Waals surface area contributed by atoms with Gasteiger partial charge in [0.2, 0.25) is 5.91 Å². The van der Waals surface area contributed by atoms with Gasteiger partial charge < -0.3 is 20.5 Å². The average Bonchev–Trinajstić information content (AvgIpc) is 2.60. The zero-order valence-electron chi connectivity index (χ0n) is 14.6. The Morgan fingerprint density at radius 2 is 1.77 bits per heavy atom. The third-order valence-electron chi connectivity index (χ3n) is 3.59. The second kappa shape index (κ2) is 8.66. The molecule has 2 aromatic carbocycles. The standard InChI is InChI=1S/C19H20N2O5/c1-12-3-8-16(25-2)14(9-12)10-18(23)26-11-17(22)21-15-6-4-13(5-7-15)19(20)24/h3-9H,10-11H2,1-2H3,(H2,20,24)(H,21,22). The van der Waals surface area contributed by atoms with Crippen LogP contribution in [-0.2, 0) is 20.7 Å². The number of amides is 2. The van der Waals surface area contributed by atoms with Crippen LogP contribution in [0.1, 0.15) is 21.5 Å². The molecule has 26 heavy (non-hydrogen) atoms. The smallest absolute Gasteiger partial charge is 0.310 e. The van der Waals surface area contributed by atoms with Crippen LogP contribution < -0.4 is 15.8 Å². The Hall–Kier alpha value is -3.35. The number of carbonyl (C=O) groups excluding carboxylic acids is 3. The SMILES string of the molecule is COc1ccc(C)cc1CC(=O)OCC(=O)Nc1ccc(C(N)=O)cc1. The van der Waals surface area contributed by atoms with E-state index in [9.17, 15) is 14.4 Å². The topological polar surface area (TPSA) is 108 Å². The lowest BCUT2D eigenvalue weighted by atomic mass is 10.1. The van der Waals surface area contributed by atoms with Crippen molar-refractivity contribution in [2.45, 2.75) is 13.3 Å². The fourth-order valence-electron chi connectivity index (χ4n) is 2.31. The van der Waals surface area contributed by atoms with E-state index in [4.69, 9.17) is 15.2 Å². The summed E-state index contributed by atoms with van der Waals surface area (Å²) < 4.78 is 10.2. The van der Waals surface area contributed by atoms with Crippen LogP contribution in [0.15, 0.2) is 42.5 Å². The van der Waals surface area contributed by atoms with E-state index in [1.807, 2.05) is 19.1 Å². The molecule has 0 aliphatic rings. The van der Waals surface area contributed by atoms with Crippen LogP contribution in [0.4, 0.5) is 5.69 Å². The van der Waals surface area contributed by atoms with Crippen molar-refractivity contribution in [2.75, 3.05) is 19.0 Å². The molecular weight excluding hydrogens is 336 g/mol. The molecule has 0 fully saturated rings. The number of rotatable bonds is 7. The lowest BCUT2D eigenvalue weighted by molar-refractivity contribution is -0.146. The van der Waals surface area contributed by atoms with Gasteiger partial charge in [-0.1, -0.05) is 17.7 Å². The predicted octanol–water partition coefficient (Wildman–Crippen LogP) is 1.83. The summed E-state index contributed by atoms with van der Waals surface area (Å²) in [7, 11) is 1.52. The molecule has 0 bridgehead atoms. The highest BCUT2D eigenvalue weighted by molar-refractivity contribution is 5.95. The highest BCUT2D eigenvalue weighted by Crippen LogP contribution is 2.20. The number of aryl methyl sites for hydroxylation is 1. The van der Waals surface area contributed by atoms with Crippen molar-refractivity contribution in [3.63, 3.8) is 0 Å². The van der Waals surface area contributed by atoms with Crippen LogP contribution in [0.25, 0.3) is 0 Å². The Labute approximate surface area is 151 Å². The maximum Gasteiger partial charge on any atom is 0.310 e. The van der Waals surface area contributed by atoms with Crippen molar-refractivity contribution >= 4 is 23.5 Å². The van der Waals surface area contributed by atoms with E-state index in [1.165, 1.54) is 31.4 Å². The van der Waals surface area contributed by atoms with Gasteiger partial charge in [-0.15, -0.1) is 0 Å². The number of carbonyl (C=O) groups is 3. The third kappa shape index (κ3) is 5.34. The number of hydrogen-bond donors (Lipinski definition) is 2. The maximum absolute atomic E-state index is 12.0. The average molecular weight is 356 g/mol. The zero-order chi connectivity index (χ0) is 19.1. The Morgan fingerprint density at radius 1 is 1.08 bits per heavy atom. The van der Waals surface area contributed by atoms with Crippen molar-refractivity contribution in [1.82, 2.24) is 0 Å². The molecule has 0 saturated heterocycles. The Bertz CT molecular complexity index is 815. The maximum atomic E-state index is 12.0. The summed E-state index contributed by atoms with van der Waals surface area (Å²) in [6, 6.07) is 11.6. The second-order valence-corrected chi connectivity index (χ2v) is 5.64. The van der Waals surface area contributed by atoms with Crippen LogP contribution in [0, 0.1) is 6.92 Å². The molecule has 0 radical (unpaired) electrons. The zero-order valence-corrected chi connectivity index (χ0v) is 14.6. The molecule has 0 aliphatic carbocycles. The van der Waals surface area contributed by atoms with Gasteiger partial charge in [-0.2, -0.15) is 0 Å². The first-order chi connectivity index (χ1) is 12.4. The summed E-state index contributed by atoms with van der Waals surface area (Å²) in [6.45, 7) is 1.50. The number of primary amides is 1. The van der Waals surface area contributed by atoms with E-state index in [1.54, 1.807) is 6.07 Å². The quantitative estimate of drug-likeness (QED) is 0.736. The molecule has 2 amide bonds. The van der Waals surface area contributed by atoms with Crippen molar-refractivity contribution in [3.05, 3.63) is 59.2 Å². The Morgan fingerprint density at radius 3 is 2.38 bits per heavy atom. The number of methoxy groups -OCH3 is 1. The summed E-state index contributed by atoms with van der Waals surface area (Å²) in [5.74, 6) is -0.982. The fourth-order valence-corrected chi connectivity index (χ4v) is 2.31. The predicted molar refractivity (Wildman–Crippen MR) is 96.0 cm³/mol. The minimum Gasteiger partial charge on any atom is -0.496 e. The Kier molecular flexibility index (Phi) is 6.32. The van der Waals surface area contributed by atoms with Gasteiger partial charge in [-0.3, -0.25) is 14.4 Å². The number of nitrogens with two attached hydrogens (primary N) is 1. The molecular formula is C19H20N2O5. The van der Waals surface area contributed by atoms with Crippen LogP contribution in [0.3, 0.4) is 0 Å². The molecule has 0 saturated carbocycles. The lowest BCUT2D eigenvalue weighted by Gasteiger charge is -2.10. The highest BCUT2D eigenvalue weighted by Gasteiger charge is 2.12. The van der Waals surface area contributed by atoms with Crippen LogP contribution >= 0.6 is 0 Å². The Balaban J connectivity index is 1.86. The molecule has 7 heteroatoms.